The summed E-state index contributed by atoms with van der Waals surface area (Å²) in [6.45, 7) is 6.32. The number of carbonyl (C=O) groups excluding carboxylic acids is 1. The van der Waals surface area contributed by atoms with Crippen molar-refractivity contribution in [2.75, 3.05) is 25.0 Å². The Morgan fingerprint density at radius 2 is 2.00 bits per heavy atom. The van der Waals surface area contributed by atoms with Gasteiger partial charge in [-0.1, -0.05) is 6.07 Å². The quantitative estimate of drug-likeness (QED) is 0.930. The van der Waals surface area contributed by atoms with Crippen LogP contribution in [-0.4, -0.2) is 30.4 Å². The highest BCUT2D eigenvalue weighted by Gasteiger charge is 2.17. The first-order chi connectivity index (χ1) is 8.58. The van der Waals surface area contributed by atoms with E-state index in [0.717, 1.165) is 41.7 Å². The van der Waals surface area contributed by atoms with E-state index in [0.29, 0.717) is 6.54 Å². The lowest BCUT2D eigenvalue weighted by Gasteiger charge is -2.17. The maximum Gasteiger partial charge on any atom is 0.241 e. The normalized spacial score (nSPS) is 14.9. The molecule has 0 aliphatic carbocycles. The summed E-state index contributed by atoms with van der Waals surface area (Å²) >= 11 is 3.54. The number of aryl methyl sites for hydroxylation is 2. The third kappa shape index (κ3) is 3.05. The van der Waals surface area contributed by atoms with E-state index >= 15 is 0 Å². The van der Waals surface area contributed by atoms with Crippen LogP contribution in [0.5, 0.6) is 0 Å². The molecule has 0 radical (unpaired) electrons. The van der Waals surface area contributed by atoms with Gasteiger partial charge >= 0.3 is 0 Å². The van der Waals surface area contributed by atoms with Crippen molar-refractivity contribution in [3.05, 3.63) is 27.7 Å². The average molecular weight is 311 g/mol. The number of hydrogen-bond acceptors (Lipinski definition) is 2. The molecule has 2 rings (SSSR count). The standard InChI is InChI=1S/C14H19BrN2O/c1-10-7-11(2)14(12(15)8-10)16-9-13(18)17-5-3-4-6-17/h7-8,16H,3-6,9H2,1-2H3. The molecule has 18 heavy (non-hydrogen) atoms. The minimum Gasteiger partial charge on any atom is -0.375 e. The lowest BCUT2D eigenvalue weighted by Crippen LogP contribution is -2.33. The van der Waals surface area contributed by atoms with Crippen LogP contribution in [0.2, 0.25) is 0 Å². The summed E-state index contributed by atoms with van der Waals surface area (Å²) < 4.78 is 1.02. The van der Waals surface area contributed by atoms with Gasteiger partial charge in [-0.25, -0.2) is 0 Å². The van der Waals surface area contributed by atoms with Crippen LogP contribution in [-0.2, 0) is 4.79 Å². The maximum atomic E-state index is 12.0. The number of nitrogens with zero attached hydrogens (tertiary/aromatic N) is 1. The summed E-state index contributed by atoms with van der Waals surface area (Å²) in [5.74, 6) is 0.194. The van der Waals surface area contributed by atoms with Crippen molar-refractivity contribution in [3.63, 3.8) is 0 Å². The molecule has 3 nitrogen and oxygen atoms in total. The number of rotatable bonds is 3. The van der Waals surface area contributed by atoms with Crippen molar-refractivity contribution in [2.24, 2.45) is 0 Å². The molecular formula is C14H19BrN2O. The molecule has 1 aromatic carbocycles. The second-order valence-corrected chi connectivity index (χ2v) is 5.73. The molecule has 1 aliphatic heterocycles. The van der Waals surface area contributed by atoms with Gasteiger partial charge in [-0.2, -0.15) is 0 Å². The topological polar surface area (TPSA) is 32.3 Å². The fraction of sp³-hybridized carbons (Fsp3) is 0.500. The average Bonchev–Trinajstić information content (AvgIpc) is 2.80. The Morgan fingerprint density at radius 1 is 1.33 bits per heavy atom. The van der Waals surface area contributed by atoms with Crippen molar-refractivity contribution in [1.29, 1.82) is 0 Å². The van der Waals surface area contributed by atoms with E-state index < -0.39 is 0 Å². The fourth-order valence-electron chi connectivity index (χ4n) is 2.38. The number of nitrogens with one attached hydrogen (secondary N) is 1. The van der Waals surface area contributed by atoms with Gasteiger partial charge in [0.2, 0.25) is 5.91 Å². The molecule has 1 aliphatic rings. The fourth-order valence-corrected chi connectivity index (χ4v) is 3.20. The summed E-state index contributed by atoms with van der Waals surface area (Å²) in [6, 6.07) is 4.18. The number of anilines is 1. The number of halogens is 1. The minimum atomic E-state index is 0.194. The first-order valence-corrected chi connectivity index (χ1v) is 7.15. The molecule has 1 aromatic rings. The van der Waals surface area contributed by atoms with Gasteiger partial charge in [0.1, 0.15) is 0 Å². The monoisotopic (exact) mass is 310 g/mol. The number of likely N-dealkylation sites (tertiary alicyclic amines) is 1. The molecule has 0 aromatic heterocycles. The van der Waals surface area contributed by atoms with Crippen LogP contribution in [0.4, 0.5) is 5.69 Å². The summed E-state index contributed by atoms with van der Waals surface area (Å²) in [5, 5.41) is 3.25. The van der Waals surface area contributed by atoms with E-state index in [2.05, 4.69) is 47.2 Å². The van der Waals surface area contributed by atoms with Crippen LogP contribution < -0.4 is 5.32 Å². The van der Waals surface area contributed by atoms with Crippen LogP contribution in [0, 0.1) is 13.8 Å². The number of carbonyl (C=O) groups is 1. The van der Waals surface area contributed by atoms with Gasteiger partial charge in [-0.3, -0.25) is 4.79 Å². The molecule has 1 heterocycles. The van der Waals surface area contributed by atoms with Crippen LogP contribution in [0.25, 0.3) is 0 Å². The lowest BCUT2D eigenvalue weighted by molar-refractivity contribution is -0.128. The molecule has 0 atom stereocenters. The second-order valence-electron chi connectivity index (χ2n) is 4.88. The Morgan fingerprint density at radius 3 is 2.61 bits per heavy atom. The van der Waals surface area contributed by atoms with E-state index in [1.165, 1.54) is 5.56 Å². The first-order valence-electron chi connectivity index (χ1n) is 6.36. The smallest absolute Gasteiger partial charge is 0.241 e. The van der Waals surface area contributed by atoms with Crippen LogP contribution in [0.1, 0.15) is 24.0 Å². The van der Waals surface area contributed by atoms with Crippen LogP contribution >= 0.6 is 15.9 Å². The lowest BCUT2D eigenvalue weighted by atomic mass is 10.1. The molecule has 0 bridgehead atoms. The molecule has 1 N–H and O–H groups in total. The summed E-state index contributed by atoms with van der Waals surface area (Å²) in [4.78, 5) is 13.9. The summed E-state index contributed by atoms with van der Waals surface area (Å²) in [5.41, 5.74) is 3.40. The van der Waals surface area contributed by atoms with E-state index in [1.54, 1.807) is 0 Å². The zero-order valence-electron chi connectivity index (χ0n) is 10.9. The second kappa shape index (κ2) is 5.74. The predicted octanol–water partition coefficient (Wildman–Crippen LogP) is 3.10. The Labute approximate surface area is 117 Å². The first kappa shape index (κ1) is 13.4. The molecule has 1 saturated heterocycles. The maximum absolute atomic E-state index is 12.0. The number of amides is 1. The molecule has 0 spiro atoms. The third-order valence-corrected chi connectivity index (χ3v) is 3.93. The van der Waals surface area contributed by atoms with Crippen molar-refractivity contribution in [2.45, 2.75) is 26.7 Å². The highest BCUT2D eigenvalue weighted by Crippen LogP contribution is 2.27. The van der Waals surface area contributed by atoms with Crippen molar-refractivity contribution >= 4 is 27.5 Å². The molecular weight excluding hydrogens is 292 g/mol. The third-order valence-electron chi connectivity index (χ3n) is 3.31. The van der Waals surface area contributed by atoms with E-state index in [-0.39, 0.29) is 5.91 Å². The van der Waals surface area contributed by atoms with Gasteiger partial charge < -0.3 is 10.2 Å². The number of hydrogen-bond donors (Lipinski definition) is 1. The molecule has 1 amide bonds. The summed E-state index contributed by atoms with van der Waals surface area (Å²) in [6.07, 6.45) is 2.28. The van der Waals surface area contributed by atoms with Gasteiger partial charge in [-0.05, 0) is 59.8 Å². The van der Waals surface area contributed by atoms with Crippen LogP contribution in [0.15, 0.2) is 16.6 Å². The minimum absolute atomic E-state index is 0.194. The molecule has 0 unspecified atom stereocenters. The van der Waals surface area contributed by atoms with Gasteiger partial charge in [0.25, 0.3) is 0 Å². The van der Waals surface area contributed by atoms with Gasteiger partial charge in [0, 0.05) is 17.6 Å². The van der Waals surface area contributed by atoms with Gasteiger partial charge in [0.05, 0.1) is 12.2 Å². The van der Waals surface area contributed by atoms with Crippen molar-refractivity contribution in [1.82, 2.24) is 4.90 Å². The largest absolute Gasteiger partial charge is 0.375 e. The highest BCUT2D eigenvalue weighted by atomic mass is 79.9. The zero-order chi connectivity index (χ0) is 13.1. The number of benzene rings is 1. The molecule has 0 saturated carbocycles. The Kier molecular flexibility index (Phi) is 4.27. The molecule has 1 fully saturated rings. The SMILES string of the molecule is Cc1cc(C)c(NCC(=O)N2CCCC2)c(Br)c1. The zero-order valence-corrected chi connectivity index (χ0v) is 12.5. The van der Waals surface area contributed by atoms with E-state index in [9.17, 15) is 4.79 Å². The summed E-state index contributed by atoms with van der Waals surface area (Å²) in [7, 11) is 0. The highest BCUT2D eigenvalue weighted by molar-refractivity contribution is 9.10. The molecule has 98 valence electrons. The Balaban J connectivity index is 1.99. The van der Waals surface area contributed by atoms with E-state index in [1.807, 2.05) is 4.90 Å². The van der Waals surface area contributed by atoms with Crippen LogP contribution in [0.3, 0.4) is 0 Å². The van der Waals surface area contributed by atoms with E-state index in [4.69, 9.17) is 0 Å². The van der Waals surface area contributed by atoms with Gasteiger partial charge in [0.15, 0.2) is 0 Å². The predicted molar refractivity (Wildman–Crippen MR) is 77.9 cm³/mol. The van der Waals surface area contributed by atoms with Crippen molar-refractivity contribution in [3.8, 4) is 0 Å². The van der Waals surface area contributed by atoms with Crippen molar-refractivity contribution < 1.29 is 4.79 Å². The van der Waals surface area contributed by atoms with Gasteiger partial charge in [-0.15, -0.1) is 0 Å². The Bertz CT molecular complexity index is 430. The Hall–Kier alpha value is -1.03. The molecule has 4 heteroatoms.